The van der Waals surface area contributed by atoms with E-state index >= 15 is 0 Å². The zero-order valence-corrected chi connectivity index (χ0v) is 12.2. The van der Waals surface area contributed by atoms with Crippen molar-refractivity contribution in [2.24, 2.45) is 0 Å². The van der Waals surface area contributed by atoms with Gasteiger partial charge in [0.05, 0.1) is 12.5 Å². The number of nitrogens with one attached hydrogen (secondary N) is 1. The van der Waals surface area contributed by atoms with Crippen molar-refractivity contribution in [2.75, 3.05) is 11.9 Å². The number of carbonyl (C=O) groups is 2. The Balaban J connectivity index is 1.79. The molecule has 2 atom stereocenters. The number of para-hydroxylation sites is 1. The highest BCUT2D eigenvalue weighted by Crippen LogP contribution is 2.25. The van der Waals surface area contributed by atoms with E-state index in [9.17, 15) is 9.59 Å². The predicted octanol–water partition coefficient (Wildman–Crippen LogP) is 1.92. The molecule has 1 N–H and O–H groups in total. The van der Waals surface area contributed by atoms with Crippen LogP contribution in [0.25, 0.3) is 0 Å². The summed E-state index contributed by atoms with van der Waals surface area (Å²) >= 11 is 0. The van der Waals surface area contributed by atoms with E-state index in [-0.39, 0.29) is 17.9 Å². The number of hydrogen-bond donors (Lipinski definition) is 1. The fourth-order valence-electron chi connectivity index (χ4n) is 2.90. The highest BCUT2D eigenvalue weighted by atomic mass is 16.5. The average molecular weight is 288 g/mol. The fourth-order valence-corrected chi connectivity index (χ4v) is 2.90. The minimum Gasteiger partial charge on any atom is -0.378 e. The second-order valence-electron chi connectivity index (χ2n) is 5.68. The summed E-state index contributed by atoms with van der Waals surface area (Å²) in [5.41, 5.74) is 1.76. The molecule has 2 heterocycles. The second kappa shape index (κ2) is 5.85. The van der Waals surface area contributed by atoms with Crippen molar-refractivity contribution in [1.29, 1.82) is 0 Å². The summed E-state index contributed by atoms with van der Waals surface area (Å²) in [6.45, 7) is 2.97. The van der Waals surface area contributed by atoms with Gasteiger partial charge in [0.25, 0.3) is 0 Å². The van der Waals surface area contributed by atoms with Gasteiger partial charge in [0.1, 0.15) is 6.04 Å². The Bertz CT molecular complexity index is 552. The Morgan fingerprint density at radius 2 is 2.24 bits per heavy atom. The molecule has 0 bridgehead atoms. The van der Waals surface area contributed by atoms with Gasteiger partial charge >= 0.3 is 0 Å². The van der Waals surface area contributed by atoms with Gasteiger partial charge in [-0.05, 0) is 31.4 Å². The van der Waals surface area contributed by atoms with Gasteiger partial charge in [-0.15, -0.1) is 0 Å². The molecule has 2 aliphatic rings. The van der Waals surface area contributed by atoms with E-state index in [1.54, 1.807) is 11.8 Å². The highest BCUT2D eigenvalue weighted by Gasteiger charge is 2.31. The Hall–Kier alpha value is -1.88. The third-order valence-electron chi connectivity index (χ3n) is 4.21. The number of nitrogens with zero attached hydrogens (tertiary/aromatic N) is 1. The number of rotatable bonds is 2. The minimum atomic E-state index is -0.466. The van der Waals surface area contributed by atoms with Gasteiger partial charge in [0, 0.05) is 18.8 Å². The first-order valence-corrected chi connectivity index (χ1v) is 7.45. The van der Waals surface area contributed by atoms with Gasteiger partial charge < -0.3 is 15.0 Å². The van der Waals surface area contributed by atoms with Crippen LogP contribution in [0.15, 0.2) is 24.3 Å². The summed E-state index contributed by atoms with van der Waals surface area (Å²) in [5.74, 6) is -0.151. The Kier molecular flexibility index (Phi) is 3.92. The van der Waals surface area contributed by atoms with Gasteiger partial charge in [-0.1, -0.05) is 18.2 Å². The van der Waals surface area contributed by atoms with Crippen molar-refractivity contribution in [1.82, 2.24) is 4.90 Å². The molecule has 0 radical (unpaired) electrons. The fraction of sp³-hybridized carbons (Fsp3) is 0.500. The largest absolute Gasteiger partial charge is 0.378 e. The molecule has 0 aliphatic carbocycles. The molecule has 1 saturated heterocycles. The number of amides is 2. The van der Waals surface area contributed by atoms with Crippen LogP contribution in [-0.2, 0) is 20.9 Å². The first-order chi connectivity index (χ1) is 10.1. The quantitative estimate of drug-likeness (QED) is 0.904. The predicted molar refractivity (Wildman–Crippen MR) is 78.7 cm³/mol. The lowest BCUT2D eigenvalue weighted by Gasteiger charge is -2.26. The SMILES string of the molecule is CC1C(=O)Nc2ccccc2CN1C(=O)CC1CCCO1. The number of hydrogen-bond acceptors (Lipinski definition) is 3. The number of ether oxygens (including phenoxy) is 1. The molecule has 112 valence electrons. The molecular weight excluding hydrogens is 268 g/mol. The van der Waals surface area contributed by atoms with Crippen LogP contribution in [0.5, 0.6) is 0 Å². The summed E-state index contributed by atoms with van der Waals surface area (Å²) in [5, 5.41) is 2.89. The molecule has 1 aromatic carbocycles. The van der Waals surface area contributed by atoms with E-state index < -0.39 is 6.04 Å². The zero-order valence-electron chi connectivity index (χ0n) is 12.2. The van der Waals surface area contributed by atoms with Gasteiger partial charge in [0.15, 0.2) is 0 Å². The van der Waals surface area contributed by atoms with Crippen LogP contribution in [-0.4, -0.2) is 35.5 Å². The van der Waals surface area contributed by atoms with E-state index in [2.05, 4.69) is 5.32 Å². The first-order valence-electron chi connectivity index (χ1n) is 7.45. The zero-order chi connectivity index (χ0) is 14.8. The monoisotopic (exact) mass is 288 g/mol. The maximum atomic E-state index is 12.5. The standard InChI is InChI=1S/C16H20N2O3/c1-11-16(20)17-14-7-3-2-5-12(14)10-18(11)15(19)9-13-6-4-8-21-13/h2-3,5,7,11,13H,4,6,8-10H2,1H3,(H,17,20). The Morgan fingerprint density at radius 3 is 3.00 bits per heavy atom. The van der Waals surface area contributed by atoms with E-state index in [4.69, 9.17) is 4.74 Å². The lowest BCUT2D eigenvalue weighted by Crippen LogP contribution is -2.44. The maximum absolute atomic E-state index is 12.5. The summed E-state index contributed by atoms with van der Waals surface area (Å²) in [6.07, 6.45) is 2.30. The third-order valence-corrected chi connectivity index (χ3v) is 4.21. The van der Waals surface area contributed by atoms with Crippen molar-refractivity contribution < 1.29 is 14.3 Å². The lowest BCUT2D eigenvalue weighted by molar-refractivity contribution is -0.140. The molecule has 5 nitrogen and oxygen atoms in total. The number of anilines is 1. The van der Waals surface area contributed by atoms with Crippen LogP contribution in [0, 0.1) is 0 Å². The normalized spacial score (nSPS) is 25.2. The van der Waals surface area contributed by atoms with Crippen LogP contribution in [0.1, 0.15) is 31.7 Å². The van der Waals surface area contributed by atoms with Crippen molar-refractivity contribution in [2.45, 2.75) is 44.9 Å². The molecule has 2 aliphatic heterocycles. The van der Waals surface area contributed by atoms with Gasteiger partial charge in [0.2, 0.25) is 11.8 Å². The lowest BCUT2D eigenvalue weighted by atomic mass is 10.1. The minimum absolute atomic E-state index is 0.00579. The second-order valence-corrected chi connectivity index (χ2v) is 5.68. The molecular formula is C16H20N2O3. The molecule has 0 aromatic heterocycles. The molecule has 2 amide bonds. The van der Waals surface area contributed by atoms with Crippen LogP contribution in [0.3, 0.4) is 0 Å². The maximum Gasteiger partial charge on any atom is 0.246 e. The van der Waals surface area contributed by atoms with E-state index in [0.717, 1.165) is 30.7 Å². The summed E-state index contributed by atoms with van der Waals surface area (Å²) < 4.78 is 5.53. The Labute approximate surface area is 124 Å². The molecule has 5 heteroatoms. The van der Waals surface area contributed by atoms with Crippen LogP contribution < -0.4 is 5.32 Å². The van der Waals surface area contributed by atoms with Crippen LogP contribution in [0.2, 0.25) is 0 Å². The summed E-state index contributed by atoms with van der Waals surface area (Å²) in [6, 6.07) is 7.15. The Morgan fingerprint density at radius 1 is 1.43 bits per heavy atom. The summed E-state index contributed by atoms with van der Waals surface area (Å²) in [7, 11) is 0. The van der Waals surface area contributed by atoms with Gasteiger partial charge in [-0.2, -0.15) is 0 Å². The van der Waals surface area contributed by atoms with Crippen molar-refractivity contribution in [3.63, 3.8) is 0 Å². The van der Waals surface area contributed by atoms with Crippen molar-refractivity contribution in [3.05, 3.63) is 29.8 Å². The van der Waals surface area contributed by atoms with Gasteiger partial charge in [-0.3, -0.25) is 9.59 Å². The number of benzene rings is 1. The van der Waals surface area contributed by atoms with Crippen LogP contribution >= 0.6 is 0 Å². The molecule has 2 unspecified atom stereocenters. The number of carbonyl (C=O) groups excluding carboxylic acids is 2. The summed E-state index contributed by atoms with van der Waals surface area (Å²) in [4.78, 5) is 26.4. The first kappa shape index (κ1) is 14.1. The third kappa shape index (κ3) is 2.93. The van der Waals surface area contributed by atoms with Crippen molar-refractivity contribution in [3.8, 4) is 0 Å². The van der Waals surface area contributed by atoms with E-state index in [0.29, 0.717) is 13.0 Å². The van der Waals surface area contributed by atoms with Gasteiger partial charge in [-0.25, -0.2) is 0 Å². The topological polar surface area (TPSA) is 58.6 Å². The molecule has 1 fully saturated rings. The smallest absolute Gasteiger partial charge is 0.246 e. The molecule has 3 rings (SSSR count). The molecule has 0 spiro atoms. The number of fused-ring (bicyclic) bond motifs is 1. The average Bonchev–Trinajstić information content (AvgIpc) is 2.93. The van der Waals surface area contributed by atoms with E-state index in [1.807, 2.05) is 24.3 Å². The highest BCUT2D eigenvalue weighted by molar-refractivity contribution is 5.98. The molecule has 0 saturated carbocycles. The van der Waals surface area contributed by atoms with Crippen LogP contribution in [0.4, 0.5) is 5.69 Å². The van der Waals surface area contributed by atoms with E-state index in [1.165, 1.54) is 0 Å². The molecule has 1 aromatic rings. The molecule has 21 heavy (non-hydrogen) atoms. The van der Waals surface area contributed by atoms with Crippen molar-refractivity contribution >= 4 is 17.5 Å².